The van der Waals surface area contributed by atoms with Crippen LogP contribution in [0.25, 0.3) is 10.9 Å². The van der Waals surface area contributed by atoms with Crippen LogP contribution in [0.5, 0.6) is 5.75 Å². The maximum atomic E-state index is 13.0. The van der Waals surface area contributed by atoms with Crippen LogP contribution in [-0.4, -0.2) is 41.4 Å². The van der Waals surface area contributed by atoms with Crippen molar-refractivity contribution in [3.63, 3.8) is 0 Å². The van der Waals surface area contributed by atoms with Gasteiger partial charge in [-0.15, -0.1) is 24.8 Å². The average molecular weight is 730 g/mol. The molecule has 0 aliphatic carbocycles. The Balaban J connectivity index is 0.00000312. The van der Waals surface area contributed by atoms with Gasteiger partial charge in [0, 0.05) is 58.9 Å². The number of amides is 4. The van der Waals surface area contributed by atoms with Crippen LogP contribution in [0.4, 0.5) is 16.2 Å². The third kappa shape index (κ3) is 9.48. The average Bonchev–Trinajstić information content (AvgIpc) is 3.06. The molecule has 14 heteroatoms. The largest absolute Gasteiger partial charge is 0.487 e. The summed E-state index contributed by atoms with van der Waals surface area (Å²) in [5.41, 5.74) is 4.14. The lowest BCUT2D eigenvalue weighted by molar-refractivity contribution is -0.117. The number of aromatic nitrogens is 2. The molecule has 10 nitrogen and oxygen atoms in total. The minimum Gasteiger partial charge on any atom is -0.487 e. The molecule has 0 aliphatic rings. The van der Waals surface area contributed by atoms with E-state index in [1.54, 1.807) is 55.8 Å². The highest BCUT2D eigenvalue weighted by Crippen LogP contribution is 2.35. The molecular weight excluding hydrogens is 698 g/mol. The van der Waals surface area contributed by atoms with Crippen LogP contribution in [0.2, 0.25) is 10.0 Å². The zero-order chi connectivity index (χ0) is 32.6. The predicted molar refractivity (Wildman–Crippen MR) is 194 cm³/mol. The molecule has 0 spiro atoms. The van der Waals surface area contributed by atoms with Gasteiger partial charge in [0.25, 0.3) is 5.91 Å². The van der Waals surface area contributed by atoms with E-state index in [2.05, 4.69) is 25.9 Å². The van der Waals surface area contributed by atoms with Crippen LogP contribution >= 0.6 is 48.0 Å². The number of likely N-dealkylation sites (N-methyl/N-ethyl adjacent to an activating group) is 1. The van der Waals surface area contributed by atoms with Crippen LogP contribution in [0, 0.1) is 6.92 Å². The summed E-state index contributed by atoms with van der Waals surface area (Å²) in [4.78, 5) is 48.1. The lowest BCUT2D eigenvalue weighted by atomic mass is 10.1. The third-order valence-corrected chi connectivity index (χ3v) is 7.86. The smallest absolute Gasteiger partial charge is 0.319 e. The quantitative estimate of drug-likeness (QED) is 0.138. The number of hydrogen-bond donors (Lipinski definition) is 3. The number of carbonyl (C=O) groups excluding carboxylic acids is 3. The number of nitrogens with zero attached hydrogens (tertiary/aromatic N) is 3. The van der Waals surface area contributed by atoms with Gasteiger partial charge in [-0.3, -0.25) is 14.6 Å². The van der Waals surface area contributed by atoms with Gasteiger partial charge in [0.15, 0.2) is 0 Å². The van der Waals surface area contributed by atoms with Gasteiger partial charge in [-0.05, 0) is 67.1 Å². The Morgan fingerprint density at radius 3 is 2.42 bits per heavy atom. The molecule has 3 aromatic carbocycles. The van der Waals surface area contributed by atoms with Gasteiger partial charge in [-0.1, -0.05) is 47.5 Å². The molecular formula is C34H32Cl4N6O4. The van der Waals surface area contributed by atoms with Crippen molar-refractivity contribution in [1.29, 1.82) is 0 Å². The Labute approximate surface area is 300 Å². The predicted octanol–water partition coefficient (Wildman–Crippen LogP) is 7.38. The highest BCUT2D eigenvalue weighted by molar-refractivity contribution is 6.38. The number of anilines is 2. The fourth-order valence-corrected chi connectivity index (χ4v) is 5.17. The van der Waals surface area contributed by atoms with Crippen molar-refractivity contribution in [3.8, 4) is 5.75 Å². The molecule has 0 aliphatic heterocycles. The first-order chi connectivity index (χ1) is 22.2. The number of aryl methyl sites for hydroxylation is 1. The maximum absolute atomic E-state index is 13.0. The Morgan fingerprint density at radius 1 is 0.896 bits per heavy atom. The van der Waals surface area contributed by atoms with Crippen molar-refractivity contribution < 1.29 is 19.1 Å². The maximum Gasteiger partial charge on any atom is 0.319 e. The lowest BCUT2D eigenvalue weighted by Gasteiger charge is -2.21. The van der Waals surface area contributed by atoms with E-state index >= 15 is 0 Å². The Bertz CT molecular complexity index is 1910. The van der Waals surface area contributed by atoms with Crippen LogP contribution in [0.15, 0.2) is 91.3 Å². The van der Waals surface area contributed by atoms with E-state index in [-0.39, 0.29) is 48.9 Å². The second-order valence-electron chi connectivity index (χ2n) is 10.3. The zero-order valence-electron chi connectivity index (χ0n) is 25.8. The summed E-state index contributed by atoms with van der Waals surface area (Å²) in [5, 5.41) is 9.58. The number of pyridine rings is 2. The van der Waals surface area contributed by atoms with Crippen molar-refractivity contribution >= 4 is 88.1 Å². The molecule has 0 atom stereocenters. The fraction of sp³-hybridized carbons (Fsp3) is 0.147. The SMILES string of the molecule is Cc1ccc2cccc(OCc3c(Cl)ccc(N(C)C(=O)CNC(=O)Nc4cccc(C(=O)NCc5ccncc5)c4)c3Cl)c2n1.Cl.Cl. The van der Waals surface area contributed by atoms with E-state index in [0.29, 0.717) is 39.8 Å². The van der Waals surface area contributed by atoms with E-state index in [1.807, 2.05) is 49.4 Å². The van der Waals surface area contributed by atoms with Crippen LogP contribution in [-0.2, 0) is 17.9 Å². The first-order valence-corrected chi connectivity index (χ1v) is 15.0. The number of halogens is 4. The molecule has 2 aromatic heterocycles. The van der Waals surface area contributed by atoms with Gasteiger partial charge in [0.2, 0.25) is 5.91 Å². The number of carbonyl (C=O) groups is 3. The van der Waals surface area contributed by atoms with Crippen molar-refractivity contribution in [2.75, 3.05) is 23.8 Å². The molecule has 4 amide bonds. The standard InChI is InChI=1S/C34H30Cl2N6O4.2ClH/c1-21-9-10-23-5-4-8-29(32(23)40-21)46-20-26-27(35)11-12-28(31(26)36)42(2)30(43)19-39-34(45)41-25-7-3-6-24(17-25)33(44)38-18-22-13-15-37-16-14-22;;/h3-17H,18-20H2,1-2H3,(H,38,44)(H2,39,41,45);2*1H. The molecule has 5 rings (SSSR count). The van der Waals surface area contributed by atoms with Gasteiger partial charge in [-0.2, -0.15) is 0 Å². The second kappa shape index (κ2) is 17.5. The minimum absolute atomic E-state index is 0. The number of hydrogen-bond acceptors (Lipinski definition) is 6. The van der Waals surface area contributed by atoms with Crippen molar-refractivity contribution in [2.24, 2.45) is 0 Å². The van der Waals surface area contributed by atoms with Crippen molar-refractivity contribution in [1.82, 2.24) is 20.6 Å². The Kier molecular flexibility index (Phi) is 13.8. The van der Waals surface area contributed by atoms with Crippen molar-refractivity contribution in [3.05, 3.63) is 124 Å². The highest BCUT2D eigenvalue weighted by Gasteiger charge is 2.20. The van der Waals surface area contributed by atoms with Crippen LogP contribution in [0.1, 0.15) is 27.2 Å². The molecule has 48 heavy (non-hydrogen) atoms. The zero-order valence-corrected chi connectivity index (χ0v) is 29.0. The Hall–Kier alpha value is -4.61. The number of urea groups is 1. The van der Waals surface area contributed by atoms with Gasteiger partial charge in [0.1, 0.15) is 17.9 Å². The van der Waals surface area contributed by atoms with Gasteiger partial charge < -0.3 is 25.6 Å². The first-order valence-electron chi connectivity index (χ1n) is 14.2. The van der Waals surface area contributed by atoms with Crippen molar-refractivity contribution in [2.45, 2.75) is 20.1 Å². The van der Waals surface area contributed by atoms with E-state index in [1.165, 1.54) is 4.90 Å². The normalized spacial score (nSPS) is 10.2. The molecule has 0 radical (unpaired) electrons. The second-order valence-corrected chi connectivity index (χ2v) is 11.1. The lowest BCUT2D eigenvalue weighted by Crippen LogP contribution is -2.40. The van der Waals surface area contributed by atoms with E-state index < -0.39 is 11.9 Å². The summed E-state index contributed by atoms with van der Waals surface area (Å²) < 4.78 is 6.08. The number of nitrogens with one attached hydrogen (secondary N) is 3. The first kappa shape index (κ1) is 37.8. The topological polar surface area (TPSA) is 126 Å². The monoisotopic (exact) mass is 728 g/mol. The fourth-order valence-electron chi connectivity index (χ4n) is 4.57. The summed E-state index contributed by atoms with van der Waals surface area (Å²) >= 11 is 13.2. The van der Waals surface area contributed by atoms with Gasteiger partial charge in [-0.25, -0.2) is 9.78 Å². The number of rotatable bonds is 10. The number of fused-ring (bicyclic) bond motifs is 1. The number of ether oxygens (including phenoxy) is 1. The molecule has 3 N–H and O–H groups in total. The van der Waals surface area contributed by atoms with Crippen LogP contribution < -0.4 is 25.6 Å². The Morgan fingerprint density at radius 2 is 1.65 bits per heavy atom. The molecule has 0 saturated carbocycles. The van der Waals surface area contributed by atoms with Gasteiger partial charge >= 0.3 is 6.03 Å². The van der Waals surface area contributed by atoms with E-state index in [0.717, 1.165) is 22.2 Å². The molecule has 0 unspecified atom stereocenters. The van der Waals surface area contributed by atoms with E-state index in [9.17, 15) is 14.4 Å². The summed E-state index contributed by atoms with van der Waals surface area (Å²) in [6.45, 7) is 1.97. The molecule has 0 bridgehead atoms. The van der Waals surface area contributed by atoms with E-state index in [4.69, 9.17) is 27.9 Å². The molecule has 2 heterocycles. The summed E-state index contributed by atoms with van der Waals surface area (Å²) in [7, 11) is 1.55. The highest BCUT2D eigenvalue weighted by atomic mass is 35.5. The minimum atomic E-state index is -0.619. The van der Waals surface area contributed by atoms with Gasteiger partial charge in [0.05, 0.1) is 17.3 Å². The summed E-state index contributed by atoms with van der Waals surface area (Å²) in [6.07, 6.45) is 3.30. The van der Waals surface area contributed by atoms with Crippen LogP contribution in [0.3, 0.4) is 0 Å². The number of para-hydroxylation sites is 1. The molecule has 0 fully saturated rings. The number of benzene rings is 3. The third-order valence-electron chi connectivity index (χ3n) is 7.08. The molecule has 5 aromatic rings. The summed E-state index contributed by atoms with van der Waals surface area (Å²) in [5.74, 6) is -0.148. The summed E-state index contributed by atoms with van der Waals surface area (Å²) in [6, 6.07) is 22.3. The molecule has 0 saturated heterocycles. The molecule has 250 valence electrons.